The van der Waals surface area contributed by atoms with Gasteiger partial charge in [-0.3, -0.25) is 4.90 Å². The molecule has 0 amide bonds. The maximum absolute atomic E-state index is 5.71. The van der Waals surface area contributed by atoms with Crippen LogP contribution in [0, 0.1) is 5.92 Å². The summed E-state index contributed by atoms with van der Waals surface area (Å²) in [5.74, 6) is 1.67. The first-order chi connectivity index (χ1) is 8.70. The zero-order chi connectivity index (χ0) is 13.0. The number of aromatic nitrogens is 3. The molecule has 18 heavy (non-hydrogen) atoms. The highest BCUT2D eigenvalue weighted by molar-refractivity contribution is 4.89. The normalized spacial score (nSPS) is 16.5. The van der Waals surface area contributed by atoms with E-state index in [4.69, 9.17) is 5.73 Å². The Hall–Kier alpha value is -0.940. The summed E-state index contributed by atoms with van der Waals surface area (Å²) < 4.78 is 2.03. The molecule has 1 heterocycles. The van der Waals surface area contributed by atoms with Gasteiger partial charge in [-0.05, 0) is 18.8 Å². The molecule has 1 fully saturated rings. The number of nitrogens with two attached hydrogens (primary N) is 1. The van der Waals surface area contributed by atoms with Gasteiger partial charge in [0, 0.05) is 25.7 Å². The summed E-state index contributed by atoms with van der Waals surface area (Å²) in [5, 5.41) is 4.32. The van der Waals surface area contributed by atoms with Gasteiger partial charge < -0.3 is 5.73 Å². The van der Waals surface area contributed by atoms with Gasteiger partial charge in [-0.25, -0.2) is 9.67 Å². The molecule has 1 aromatic rings. The Morgan fingerprint density at radius 3 is 2.83 bits per heavy atom. The highest BCUT2D eigenvalue weighted by atomic mass is 15.4. The molecule has 0 aliphatic heterocycles. The molecule has 0 atom stereocenters. The third kappa shape index (κ3) is 3.29. The second kappa shape index (κ2) is 6.29. The molecule has 0 radical (unpaired) electrons. The van der Waals surface area contributed by atoms with Crippen molar-refractivity contribution in [3.05, 3.63) is 12.2 Å². The van der Waals surface area contributed by atoms with Gasteiger partial charge >= 0.3 is 0 Å². The predicted octanol–water partition coefficient (Wildman–Crippen LogP) is 1.25. The number of rotatable bonds is 7. The largest absolute Gasteiger partial charge is 0.329 e. The number of nitrogens with zero attached hydrogens (tertiary/aromatic N) is 4. The van der Waals surface area contributed by atoms with Crippen LogP contribution in [0.1, 0.15) is 38.9 Å². The molecule has 2 N–H and O–H groups in total. The van der Waals surface area contributed by atoms with Crippen molar-refractivity contribution in [2.45, 2.75) is 52.2 Å². The molecule has 2 rings (SSSR count). The summed E-state index contributed by atoms with van der Waals surface area (Å²) in [6, 6.07) is 0.706. The van der Waals surface area contributed by atoms with Gasteiger partial charge in [0.25, 0.3) is 0 Å². The average Bonchev–Trinajstić information content (AvgIpc) is 2.62. The molecule has 1 aliphatic rings. The van der Waals surface area contributed by atoms with E-state index in [9.17, 15) is 0 Å². The molecule has 102 valence electrons. The van der Waals surface area contributed by atoms with E-state index in [1.165, 1.54) is 19.3 Å². The van der Waals surface area contributed by atoms with E-state index in [0.717, 1.165) is 32.0 Å². The molecule has 1 saturated carbocycles. The van der Waals surface area contributed by atoms with Crippen molar-refractivity contribution in [3.8, 4) is 0 Å². The molecule has 0 saturated heterocycles. The fourth-order valence-corrected chi connectivity index (χ4v) is 2.40. The Labute approximate surface area is 109 Å². The van der Waals surface area contributed by atoms with Crippen molar-refractivity contribution in [1.82, 2.24) is 19.7 Å². The van der Waals surface area contributed by atoms with Gasteiger partial charge in [0.2, 0.25) is 0 Å². The zero-order valence-electron chi connectivity index (χ0n) is 11.5. The molecule has 0 unspecified atom stereocenters. The molecule has 5 nitrogen and oxygen atoms in total. The topological polar surface area (TPSA) is 60.0 Å². The molecular weight excluding hydrogens is 226 g/mol. The summed E-state index contributed by atoms with van der Waals surface area (Å²) in [6.07, 6.45) is 5.63. The quantitative estimate of drug-likeness (QED) is 0.792. The van der Waals surface area contributed by atoms with Crippen LogP contribution in [-0.2, 0) is 13.1 Å². The van der Waals surface area contributed by atoms with Crippen molar-refractivity contribution in [2.24, 2.45) is 11.7 Å². The summed E-state index contributed by atoms with van der Waals surface area (Å²) >= 11 is 0. The molecule has 1 aromatic heterocycles. The summed E-state index contributed by atoms with van der Waals surface area (Å²) in [5.41, 5.74) is 5.71. The average molecular weight is 251 g/mol. The Morgan fingerprint density at radius 1 is 1.50 bits per heavy atom. The number of hydrogen-bond donors (Lipinski definition) is 1. The minimum Gasteiger partial charge on any atom is -0.329 e. The highest BCUT2D eigenvalue weighted by Gasteiger charge is 2.25. The van der Waals surface area contributed by atoms with Gasteiger partial charge in [-0.2, -0.15) is 5.10 Å². The van der Waals surface area contributed by atoms with Crippen LogP contribution in [0.2, 0.25) is 0 Å². The van der Waals surface area contributed by atoms with Gasteiger partial charge in [0.05, 0.1) is 6.54 Å². The minimum atomic E-state index is 0.595. The fraction of sp³-hybridized carbons (Fsp3) is 0.846. The van der Waals surface area contributed by atoms with Gasteiger partial charge in [0.15, 0.2) is 0 Å². The van der Waals surface area contributed by atoms with E-state index >= 15 is 0 Å². The van der Waals surface area contributed by atoms with Gasteiger partial charge in [0.1, 0.15) is 12.2 Å². The highest BCUT2D eigenvalue weighted by Crippen LogP contribution is 2.25. The third-order valence-corrected chi connectivity index (χ3v) is 3.59. The van der Waals surface area contributed by atoms with E-state index in [-0.39, 0.29) is 0 Å². The van der Waals surface area contributed by atoms with E-state index in [1.54, 1.807) is 6.33 Å². The minimum absolute atomic E-state index is 0.595. The van der Waals surface area contributed by atoms with E-state index in [1.807, 2.05) is 4.68 Å². The van der Waals surface area contributed by atoms with Crippen LogP contribution in [-0.4, -0.2) is 38.8 Å². The smallest absolute Gasteiger partial charge is 0.141 e. The predicted molar refractivity (Wildman–Crippen MR) is 72.0 cm³/mol. The Balaban J connectivity index is 1.99. The molecule has 0 spiro atoms. The van der Waals surface area contributed by atoms with Crippen LogP contribution < -0.4 is 5.73 Å². The van der Waals surface area contributed by atoms with Crippen LogP contribution in [0.5, 0.6) is 0 Å². The summed E-state index contributed by atoms with van der Waals surface area (Å²) in [7, 11) is 0. The molecule has 1 aliphatic carbocycles. The van der Waals surface area contributed by atoms with Crippen LogP contribution in [0.4, 0.5) is 0 Å². The Morgan fingerprint density at radius 2 is 2.28 bits per heavy atom. The summed E-state index contributed by atoms with van der Waals surface area (Å²) in [4.78, 5) is 6.86. The van der Waals surface area contributed by atoms with Crippen LogP contribution in [0.15, 0.2) is 6.33 Å². The lowest BCUT2D eigenvalue weighted by Crippen LogP contribution is -2.42. The van der Waals surface area contributed by atoms with Crippen molar-refractivity contribution in [1.29, 1.82) is 0 Å². The van der Waals surface area contributed by atoms with Gasteiger partial charge in [-0.15, -0.1) is 0 Å². The first-order valence-electron chi connectivity index (χ1n) is 7.01. The maximum Gasteiger partial charge on any atom is 0.141 e. The van der Waals surface area contributed by atoms with Crippen molar-refractivity contribution in [2.75, 3.05) is 13.1 Å². The van der Waals surface area contributed by atoms with E-state index in [0.29, 0.717) is 12.0 Å². The Kier molecular flexibility index (Phi) is 4.72. The van der Waals surface area contributed by atoms with Gasteiger partial charge in [-0.1, -0.05) is 20.3 Å². The zero-order valence-corrected chi connectivity index (χ0v) is 11.5. The first kappa shape index (κ1) is 13.5. The molecule has 5 heteroatoms. The van der Waals surface area contributed by atoms with Crippen LogP contribution >= 0.6 is 0 Å². The standard InChI is InChI=1S/C13H25N5/c1-11(2)8-18-13(15-10-16-18)9-17(7-6-14)12-4-3-5-12/h10-12H,3-9,14H2,1-2H3. The fourth-order valence-electron chi connectivity index (χ4n) is 2.40. The second-order valence-corrected chi connectivity index (χ2v) is 5.60. The molecule has 0 bridgehead atoms. The summed E-state index contributed by atoms with van der Waals surface area (Å²) in [6.45, 7) is 7.91. The van der Waals surface area contributed by atoms with Crippen molar-refractivity contribution >= 4 is 0 Å². The van der Waals surface area contributed by atoms with E-state index < -0.39 is 0 Å². The lowest BCUT2D eigenvalue weighted by Gasteiger charge is -2.37. The lowest BCUT2D eigenvalue weighted by atomic mass is 9.91. The molecular formula is C13H25N5. The van der Waals surface area contributed by atoms with E-state index in [2.05, 4.69) is 28.8 Å². The Bertz CT molecular complexity index is 356. The number of hydrogen-bond acceptors (Lipinski definition) is 4. The SMILES string of the molecule is CC(C)Cn1ncnc1CN(CCN)C1CCC1. The first-order valence-corrected chi connectivity index (χ1v) is 7.01. The molecule has 0 aromatic carbocycles. The maximum atomic E-state index is 5.71. The second-order valence-electron chi connectivity index (χ2n) is 5.60. The van der Waals surface area contributed by atoms with Crippen molar-refractivity contribution in [3.63, 3.8) is 0 Å². The van der Waals surface area contributed by atoms with Crippen molar-refractivity contribution < 1.29 is 0 Å². The monoisotopic (exact) mass is 251 g/mol. The third-order valence-electron chi connectivity index (χ3n) is 3.59. The lowest BCUT2D eigenvalue weighted by molar-refractivity contribution is 0.118. The van der Waals surface area contributed by atoms with Crippen LogP contribution in [0.25, 0.3) is 0 Å². The van der Waals surface area contributed by atoms with Crippen LogP contribution in [0.3, 0.4) is 0 Å².